The summed E-state index contributed by atoms with van der Waals surface area (Å²) in [6.07, 6.45) is -4.18. The van der Waals surface area contributed by atoms with Crippen molar-refractivity contribution in [1.29, 1.82) is 0 Å². The van der Waals surface area contributed by atoms with Crippen molar-refractivity contribution in [3.63, 3.8) is 0 Å². The van der Waals surface area contributed by atoms with Crippen LogP contribution < -0.4 is 9.62 Å². The number of halogens is 5. The van der Waals surface area contributed by atoms with E-state index in [0.717, 1.165) is 11.0 Å². The van der Waals surface area contributed by atoms with Crippen molar-refractivity contribution in [2.24, 2.45) is 0 Å². The smallest absolute Gasteiger partial charge is 0.354 e. The van der Waals surface area contributed by atoms with Crippen LogP contribution in [0.2, 0.25) is 10.0 Å². The van der Waals surface area contributed by atoms with Crippen molar-refractivity contribution in [3.05, 3.63) is 94.0 Å². The molecular formula is C28H28Cl2F3N3O4S. The average molecular weight is 631 g/mol. The van der Waals surface area contributed by atoms with Crippen LogP contribution in [-0.4, -0.2) is 44.3 Å². The number of rotatable bonds is 11. The summed E-state index contributed by atoms with van der Waals surface area (Å²) in [5.74, 6) is -1.36. The minimum atomic E-state index is -4.81. The van der Waals surface area contributed by atoms with E-state index in [-0.39, 0.29) is 16.5 Å². The van der Waals surface area contributed by atoms with Gasteiger partial charge in [0.1, 0.15) is 12.6 Å². The van der Waals surface area contributed by atoms with Crippen LogP contribution in [0.25, 0.3) is 0 Å². The highest BCUT2D eigenvalue weighted by Gasteiger charge is 2.36. The highest BCUT2D eigenvalue weighted by molar-refractivity contribution is 7.92. The fraction of sp³-hybridized carbons (Fsp3) is 0.286. The van der Waals surface area contributed by atoms with E-state index in [0.29, 0.717) is 40.0 Å². The van der Waals surface area contributed by atoms with Crippen molar-refractivity contribution in [2.45, 2.75) is 43.9 Å². The quantitative estimate of drug-likeness (QED) is 0.276. The number of sulfonamides is 1. The Morgan fingerprint density at radius 2 is 1.59 bits per heavy atom. The van der Waals surface area contributed by atoms with Gasteiger partial charge in [-0.05, 0) is 55.3 Å². The van der Waals surface area contributed by atoms with Gasteiger partial charge in [0.15, 0.2) is 0 Å². The maximum Gasteiger partial charge on any atom is 0.416 e. The van der Waals surface area contributed by atoms with Crippen LogP contribution in [0.3, 0.4) is 0 Å². The Morgan fingerprint density at radius 3 is 2.20 bits per heavy atom. The molecule has 3 aromatic rings. The van der Waals surface area contributed by atoms with Gasteiger partial charge in [0, 0.05) is 18.1 Å². The van der Waals surface area contributed by atoms with Crippen LogP contribution in [0.4, 0.5) is 18.9 Å². The highest BCUT2D eigenvalue weighted by atomic mass is 35.5. The molecule has 0 fully saturated rings. The van der Waals surface area contributed by atoms with E-state index >= 15 is 0 Å². The second-order valence-corrected chi connectivity index (χ2v) is 11.7. The summed E-state index contributed by atoms with van der Waals surface area (Å²) in [6, 6.07) is 14.6. The standard InChI is InChI=1S/C28H28Cl2F3N3O4S/c1-3-15-34-27(38)19(2)35(17-20-9-7-8-12-23(20)29)26(37)18-36(41(39,40)22-10-5-4-6-11-22)25-16-21(28(31,32)33)13-14-24(25)30/h4-14,16,19H,3,15,17-18H2,1-2H3,(H,34,38)/t19-/m0/s1. The summed E-state index contributed by atoms with van der Waals surface area (Å²) in [5, 5.41) is 2.68. The molecule has 0 aliphatic rings. The summed E-state index contributed by atoms with van der Waals surface area (Å²) < 4.78 is 68.9. The summed E-state index contributed by atoms with van der Waals surface area (Å²) in [5.41, 5.74) is -1.22. The van der Waals surface area contributed by atoms with E-state index < -0.39 is 51.9 Å². The molecule has 0 heterocycles. The Kier molecular flexibility index (Phi) is 10.7. The lowest BCUT2D eigenvalue weighted by Crippen LogP contribution is -2.51. The summed E-state index contributed by atoms with van der Waals surface area (Å²) in [4.78, 5) is 27.6. The molecule has 0 radical (unpaired) electrons. The average Bonchev–Trinajstić information content (AvgIpc) is 2.94. The molecule has 0 unspecified atom stereocenters. The number of carbonyl (C=O) groups is 2. The molecule has 0 aromatic heterocycles. The number of nitrogens with zero attached hydrogens (tertiary/aromatic N) is 2. The predicted molar refractivity (Wildman–Crippen MR) is 152 cm³/mol. The third kappa shape index (κ3) is 7.93. The molecule has 0 bridgehead atoms. The zero-order valence-corrected chi connectivity index (χ0v) is 24.5. The molecule has 2 amide bonds. The molecule has 7 nitrogen and oxygen atoms in total. The lowest BCUT2D eigenvalue weighted by atomic mass is 10.1. The minimum absolute atomic E-state index is 0.172. The Labute approximate surface area is 246 Å². The number of benzene rings is 3. The van der Waals surface area contributed by atoms with Gasteiger partial charge in [0.25, 0.3) is 10.0 Å². The summed E-state index contributed by atoms with van der Waals surface area (Å²) >= 11 is 12.5. The number of carbonyl (C=O) groups excluding carboxylic acids is 2. The van der Waals surface area contributed by atoms with Gasteiger partial charge in [0.05, 0.1) is 21.2 Å². The second-order valence-electron chi connectivity index (χ2n) is 9.07. The van der Waals surface area contributed by atoms with Crippen LogP contribution in [0.5, 0.6) is 0 Å². The Hall–Kier alpha value is -3.28. The maximum atomic E-state index is 13.9. The fourth-order valence-corrected chi connectivity index (χ4v) is 5.81. The van der Waals surface area contributed by atoms with Gasteiger partial charge in [0.2, 0.25) is 11.8 Å². The molecule has 41 heavy (non-hydrogen) atoms. The molecule has 1 atom stereocenters. The van der Waals surface area contributed by atoms with E-state index in [2.05, 4.69) is 5.32 Å². The predicted octanol–water partition coefficient (Wildman–Crippen LogP) is 6.15. The van der Waals surface area contributed by atoms with Crippen LogP contribution in [0.15, 0.2) is 77.7 Å². The lowest BCUT2D eigenvalue weighted by Gasteiger charge is -2.32. The number of alkyl halides is 3. The monoisotopic (exact) mass is 629 g/mol. The molecule has 0 aliphatic carbocycles. The number of amides is 2. The van der Waals surface area contributed by atoms with Gasteiger partial charge in [-0.3, -0.25) is 13.9 Å². The SMILES string of the molecule is CCCNC(=O)[C@H](C)N(Cc1ccccc1Cl)C(=O)CN(c1cc(C(F)(F)F)ccc1Cl)S(=O)(=O)c1ccccc1. The Morgan fingerprint density at radius 1 is 0.951 bits per heavy atom. The highest BCUT2D eigenvalue weighted by Crippen LogP contribution is 2.37. The van der Waals surface area contributed by atoms with E-state index in [9.17, 15) is 31.2 Å². The first-order valence-corrected chi connectivity index (χ1v) is 14.7. The van der Waals surface area contributed by atoms with Gasteiger partial charge in [-0.1, -0.05) is 66.5 Å². The van der Waals surface area contributed by atoms with Crippen LogP contribution >= 0.6 is 23.2 Å². The molecule has 0 saturated carbocycles. The van der Waals surface area contributed by atoms with E-state index in [1.54, 1.807) is 30.3 Å². The molecule has 13 heteroatoms. The molecular weight excluding hydrogens is 602 g/mol. The van der Waals surface area contributed by atoms with Gasteiger partial charge in [-0.15, -0.1) is 0 Å². The van der Waals surface area contributed by atoms with E-state index in [4.69, 9.17) is 23.2 Å². The third-order valence-electron chi connectivity index (χ3n) is 6.17. The molecule has 1 N–H and O–H groups in total. The van der Waals surface area contributed by atoms with Gasteiger partial charge in [-0.25, -0.2) is 8.42 Å². The largest absolute Gasteiger partial charge is 0.416 e. The first kappa shape index (κ1) is 32.2. The second kappa shape index (κ2) is 13.6. The Bertz CT molecular complexity index is 1490. The zero-order chi connectivity index (χ0) is 30.4. The molecule has 0 saturated heterocycles. The van der Waals surface area contributed by atoms with Gasteiger partial charge < -0.3 is 10.2 Å². The van der Waals surface area contributed by atoms with E-state index in [1.807, 2.05) is 6.92 Å². The first-order valence-electron chi connectivity index (χ1n) is 12.5. The fourth-order valence-electron chi connectivity index (χ4n) is 3.90. The van der Waals surface area contributed by atoms with Gasteiger partial charge in [-0.2, -0.15) is 13.2 Å². The van der Waals surface area contributed by atoms with Crippen molar-refractivity contribution < 1.29 is 31.2 Å². The number of hydrogen-bond acceptors (Lipinski definition) is 4. The summed E-state index contributed by atoms with van der Waals surface area (Å²) in [7, 11) is -4.60. The van der Waals surface area contributed by atoms with Crippen LogP contribution in [0.1, 0.15) is 31.4 Å². The third-order valence-corrected chi connectivity index (χ3v) is 8.63. The molecule has 3 aromatic carbocycles. The van der Waals surface area contributed by atoms with Crippen LogP contribution in [0, 0.1) is 0 Å². The Balaban J connectivity index is 2.12. The number of anilines is 1. The van der Waals surface area contributed by atoms with Crippen molar-refractivity contribution >= 4 is 50.7 Å². The molecule has 0 spiro atoms. The normalized spacial score (nSPS) is 12.5. The number of hydrogen-bond donors (Lipinski definition) is 1. The zero-order valence-electron chi connectivity index (χ0n) is 22.2. The minimum Gasteiger partial charge on any atom is -0.354 e. The van der Waals surface area contributed by atoms with Crippen molar-refractivity contribution in [3.8, 4) is 0 Å². The topological polar surface area (TPSA) is 86.8 Å². The van der Waals surface area contributed by atoms with Gasteiger partial charge >= 0.3 is 6.18 Å². The molecule has 3 rings (SSSR count). The number of nitrogens with one attached hydrogen (secondary N) is 1. The summed E-state index contributed by atoms with van der Waals surface area (Å²) in [6.45, 7) is 2.53. The van der Waals surface area contributed by atoms with Crippen molar-refractivity contribution in [1.82, 2.24) is 10.2 Å². The van der Waals surface area contributed by atoms with Crippen molar-refractivity contribution in [2.75, 3.05) is 17.4 Å². The lowest BCUT2D eigenvalue weighted by molar-refractivity contribution is -0.139. The maximum absolute atomic E-state index is 13.9. The molecule has 0 aliphatic heterocycles. The van der Waals surface area contributed by atoms with E-state index in [1.165, 1.54) is 31.2 Å². The molecule has 220 valence electrons. The first-order chi connectivity index (χ1) is 19.3. The van der Waals surface area contributed by atoms with Crippen LogP contribution in [-0.2, 0) is 32.3 Å².